The number of aromatic nitrogens is 3. The summed E-state index contributed by atoms with van der Waals surface area (Å²) in [6.45, 7) is 9.72. The van der Waals surface area contributed by atoms with Gasteiger partial charge in [0, 0.05) is 35.5 Å². The Morgan fingerprint density at radius 1 is 0.929 bits per heavy atom. The summed E-state index contributed by atoms with van der Waals surface area (Å²) >= 11 is 0. The Morgan fingerprint density at radius 3 is 2.21 bits per heavy atom. The number of aromatic hydroxyl groups is 2. The number of aryl methyl sites for hydroxylation is 1. The summed E-state index contributed by atoms with van der Waals surface area (Å²) in [6, 6.07) is 24.7. The molecule has 0 bridgehead atoms. The van der Waals surface area contributed by atoms with Gasteiger partial charge in [-0.1, -0.05) is 101 Å². The number of pyridine rings is 1. The third kappa shape index (κ3) is 5.53. The zero-order valence-electron chi connectivity index (χ0n) is 24.7. The van der Waals surface area contributed by atoms with Gasteiger partial charge in [0.2, 0.25) is 0 Å². The molecule has 3 aromatic heterocycles. The summed E-state index contributed by atoms with van der Waals surface area (Å²) in [7, 11) is -2.79. The molecule has 42 heavy (non-hydrogen) atoms. The van der Waals surface area contributed by atoms with Crippen molar-refractivity contribution in [2.24, 2.45) is 0 Å². The van der Waals surface area contributed by atoms with Crippen LogP contribution in [0.4, 0.5) is 0 Å². The number of nitrogens with one attached hydrogen (secondary N) is 1. The van der Waals surface area contributed by atoms with Crippen molar-refractivity contribution in [3.63, 3.8) is 0 Å². The van der Waals surface area contributed by atoms with Crippen molar-refractivity contribution in [3.05, 3.63) is 96.8 Å². The minimum atomic E-state index is -2.79. The van der Waals surface area contributed by atoms with Crippen LogP contribution in [0.25, 0.3) is 28.2 Å². The predicted octanol–water partition coefficient (Wildman–Crippen LogP) is 6.76. The van der Waals surface area contributed by atoms with Gasteiger partial charge in [0.25, 0.3) is 0 Å². The van der Waals surface area contributed by atoms with Gasteiger partial charge in [-0.05, 0) is 40.4 Å². The summed E-state index contributed by atoms with van der Waals surface area (Å²) in [5.74, 6) is -0.140. The van der Waals surface area contributed by atoms with Crippen molar-refractivity contribution in [3.8, 4) is 22.9 Å². The van der Waals surface area contributed by atoms with E-state index in [1.807, 2.05) is 49.5 Å². The van der Waals surface area contributed by atoms with Crippen LogP contribution in [0.3, 0.4) is 0 Å². The van der Waals surface area contributed by atoms with Crippen LogP contribution in [-0.4, -0.2) is 39.7 Å². The van der Waals surface area contributed by atoms with E-state index in [0.717, 1.165) is 33.4 Å². The molecule has 0 aliphatic carbocycles. The van der Waals surface area contributed by atoms with Gasteiger partial charge in [0.1, 0.15) is 5.65 Å². The molecule has 0 atom stereocenters. The molecule has 0 unspecified atom stereocenters. The first-order valence-electron chi connectivity index (χ1n) is 14.4. The van der Waals surface area contributed by atoms with Gasteiger partial charge in [-0.15, -0.1) is 0 Å². The number of nitrogens with zero attached hydrogens (tertiary/aromatic N) is 2. The number of rotatable bonds is 11. The maximum absolute atomic E-state index is 10.7. The fourth-order valence-electron chi connectivity index (χ4n) is 5.67. The normalized spacial score (nSPS) is 12.5. The molecule has 0 saturated heterocycles. The summed E-state index contributed by atoms with van der Waals surface area (Å²) < 4.78 is 8.64. The lowest BCUT2D eigenvalue weighted by Crippen LogP contribution is -2.66. The van der Waals surface area contributed by atoms with E-state index in [2.05, 4.69) is 83.8 Å². The highest BCUT2D eigenvalue weighted by atomic mass is 28.4. The van der Waals surface area contributed by atoms with E-state index in [0.29, 0.717) is 30.7 Å². The van der Waals surface area contributed by atoms with Crippen LogP contribution in [0.1, 0.15) is 46.1 Å². The van der Waals surface area contributed by atoms with Crippen LogP contribution in [0.15, 0.2) is 91.3 Å². The second kappa shape index (κ2) is 12.4. The van der Waals surface area contributed by atoms with Gasteiger partial charge >= 0.3 is 8.32 Å². The molecule has 3 heterocycles. The van der Waals surface area contributed by atoms with E-state index in [4.69, 9.17) is 9.46 Å². The summed E-state index contributed by atoms with van der Waals surface area (Å²) in [4.78, 5) is 13.4. The molecule has 5 rings (SSSR count). The van der Waals surface area contributed by atoms with Crippen LogP contribution in [0, 0.1) is 0 Å². The van der Waals surface area contributed by atoms with Crippen molar-refractivity contribution in [2.75, 3.05) is 6.61 Å². The second-order valence-electron chi connectivity index (χ2n) is 11.5. The van der Waals surface area contributed by atoms with Gasteiger partial charge in [-0.2, -0.15) is 0 Å². The maximum atomic E-state index is 10.7. The Hall–Kier alpha value is -4.11. The van der Waals surface area contributed by atoms with Gasteiger partial charge in [0.05, 0.1) is 12.2 Å². The van der Waals surface area contributed by atoms with Gasteiger partial charge in [-0.3, -0.25) is 9.56 Å². The van der Waals surface area contributed by atoms with Gasteiger partial charge in [-0.25, -0.2) is 9.87 Å². The molecule has 8 heteroatoms. The standard InChI is InChI=1S/C34H39N3O4Si/c1-5-6-19-28-30(33(39)36-32(28)38)29-24-37(31-27(29)20-13-21-35-31)22-14-23-40-41-42(34(2,3)4,25-15-9-7-10-16-25)26-17-11-8-12-18-26/h6-13,15-21,24,36,38-39H,5,14,22-23H2,1-4H3. The SMILES string of the molecule is CCC=Cc1c(O)[nH]c(O)c1-c1cn(CCCOO[Si](c2ccccc2)(c2ccccc2)C(C)(C)C)c2ncccc12. The molecule has 5 aromatic rings. The Balaban J connectivity index is 1.38. The number of benzene rings is 2. The van der Waals surface area contributed by atoms with Crippen molar-refractivity contribution >= 4 is 35.8 Å². The zero-order valence-corrected chi connectivity index (χ0v) is 25.7. The maximum Gasteiger partial charge on any atom is 0.305 e. The van der Waals surface area contributed by atoms with E-state index in [1.54, 1.807) is 6.20 Å². The molecule has 0 spiro atoms. The molecule has 0 aliphatic heterocycles. The van der Waals surface area contributed by atoms with E-state index in [-0.39, 0.29) is 16.8 Å². The summed E-state index contributed by atoms with van der Waals surface area (Å²) in [5, 5.41) is 24.2. The monoisotopic (exact) mass is 581 g/mol. The minimum absolute atomic E-state index is 0.0640. The first-order chi connectivity index (χ1) is 20.3. The molecule has 0 aliphatic rings. The lowest BCUT2D eigenvalue weighted by atomic mass is 10.0. The molecule has 218 valence electrons. The van der Waals surface area contributed by atoms with Crippen LogP contribution in [0.2, 0.25) is 5.04 Å². The molecule has 0 fully saturated rings. The Labute approximate surface area is 248 Å². The van der Waals surface area contributed by atoms with Crippen LogP contribution >= 0.6 is 0 Å². The highest BCUT2D eigenvalue weighted by Gasteiger charge is 2.52. The summed E-state index contributed by atoms with van der Waals surface area (Å²) in [6.07, 6.45) is 9.02. The van der Waals surface area contributed by atoms with Crippen molar-refractivity contribution in [1.29, 1.82) is 0 Å². The molecular weight excluding hydrogens is 542 g/mol. The van der Waals surface area contributed by atoms with Crippen LogP contribution in [-0.2, 0) is 16.0 Å². The zero-order chi connectivity index (χ0) is 29.7. The fourth-order valence-corrected chi connectivity index (χ4v) is 9.77. The van der Waals surface area contributed by atoms with E-state index >= 15 is 0 Å². The molecule has 0 amide bonds. The van der Waals surface area contributed by atoms with Crippen molar-refractivity contribution in [2.45, 2.75) is 52.1 Å². The van der Waals surface area contributed by atoms with E-state index < -0.39 is 8.32 Å². The number of fused-ring (bicyclic) bond motifs is 1. The number of allylic oxidation sites excluding steroid dienone is 1. The Bertz CT molecular complexity index is 1610. The average molecular weight is 582 g/mol. The fraction of sp³-hybridized carbons (Fsp3) is 0.265. The third-order valence-electron chi connectivity index (χ3n) is 7.65. The number of aromatic amines is 1. The molecule has 3 N–H and O–H groups in total. The van der Waals surface area contributed by atoms with Gasteiger partial charge in [0.15, 0.2) is 11.8 Å². The quantitative estimate of drug-likeness (QED) is 0.0693. The van der Waals surface area contributed by atoms with Gasteiger partial charge < -0.3 is 14.8 Å². The second-order valence-corrected chi connectivity index (χ2v) is 15.6. The van der Waals surface area contributed by atoms with E-state index in [9.17, 15) is 10.2 Å². The highest BCUT2D eigenvalue weighted by molar-refractivity contribution is 6.99. The van der Waals surface area contributed by atoms with Crippen molar-refractivity contribution < 1.29 is 19.7 Å². The Morgan fingerprint density at radius 2 is 1.60 bits per heavy atom. The summed E-state index contributed by atoms with van der Waals surface area (Å²) in [5.41, 5.74) is 2.71. The third-order valence-corrected chi connectivity index (χ3v) is 12.4. The minimum Gasteiger partial charge on any atom is -0.494 e. The molecular formula is C34H39N3O4Si. The smallest absolute Gasteiger partial charge is 0.305 e. The highest BCUT2D eigenvalue weighted by Crippen LogP contribution is 2.42. The number of hydrogen-bond donors (Lipinski definition) is 3. The van der Waals surface area contributed by atoms with Crippen LogP contribution < -0.4 is 10.4 Å². The predicted molar refractivity (Wildman–Crippen MR) is 171 cm³/mol. The topological polar surface area (TPSA) is 92.5 Å². The average Bonchev–Trinajstić information content (AvgIpc) is 3.49. The number of H-pyrrole nitrogens is 1. The first kappa shape index (κ1) is 29.4. The largest absolute Gasteiger partial charge is 0.494 e. The lowest BCUT2D eigenvalue weighted by Gasteiger charge is -2.41. The molecule has 2 aromatic carbocycles. The lowest BCUT2D eigenvalue weighted by molar-refractivity contribution is -0.218. The molecule has 0 radical (unpaired) electrons. The van der Waals surface area contributed by atoms with Crippen molar-refractivity contribution in [1.82, 2.24) is 14.5 Å². The van der Waals surface area contributed by atoms with E-state index in [1.165, 1.54) is 0 Å². The molecule has 7 nitrogen and oxygen atoms in total. The first-order valence-corrected chi connectivity index (χ1v) is 16.3. The Kier molecular flexibility index (Phi) is 8.68. The van der Waals surface area contributed by atoms with Crippen LogP contribution in [0.5, 0.6) is 11.8 Å². The molecule has 0 saturated carbocycles. The number of hydrogen-bond acceptors (Lipinski definition) is 5.